The van der Waals surface area contributed by atoms with Crippen molar-refractivity contribution in [1.29, 1.82) is 0 Å². The SMILES string of the molecule is C=C/C(=C(Cl)\C(Cl)=C/C)c1c(N)nc(N2CCC(C)(N)CC2)nc1C(N)=O. The topological polar surface area (TPSA) is 124 Å². The summed E-state index contributed by atoms with van der Waals surface area (Å²) in [6.45, 7) is 8.77. The lowest BCUT2D eigenvalue weighted by molar-refractivity contribution is 0.0995. The minimum atomic E-state index is -0.749. The number of hydrogen-bond acceptors (Lipinski definition) is 6. The largest absolute Gasteiger partial charge is 0.383 e. The first-order valence-electron chi connectivity index (χ1n) is 8.47. The van der Waals surface area contributed by atoms with Crippen molar-refractivity contribution >= 4 is 46.4 Å². The fourth-order valence-electron chi connectivity index (χ4n) is 2.83. The lowest BCUT2D eigenvalue weighted by atomic mass is 9.91. The van der Waals surface area contributed by atoms with Gasteiger partial charge >= 0.3 is 0 Å². The van der Waals surface area contributed by atoms with Gasteiger partial charge in [-0.1, -0.05) is 41.9 Å². The number of nitrogens with two attached hydrogens (primary N) is 3. The highest BCUT2D eigenvalue weighted by atomic mass is 35.5. The van der Waals surface area contributed by atoms with Crippen molar-refractivity contribution in [1.82, 2.24) is 9.97 Å². The van der Waals surface area contributed by atoms with Crippen molar-refractivity contribution in [2.24, 2.45) is 11.5 Å². The first-order valence-corrected chi connectivity index (χ1v) is 9.22. The lowest BCUT2D eigenvalue weighted by Gasteiger charge is -2.36. The standard InChI is InChI=1S/C18H24Cl2N6O/c1-4-10(13(20)11(19)5-2)12-14(16(22)27)24-17(25-15(12)21)26-8-6-18(3,23)7-9-26/h4-5H,1,6-9,23H2,2-3H3,(H2,22,27)(H2,21,24,25)/b11-5+,13-10-. The van der Waals surface area contributed by atoms with Crippen LogP contribution in [-0.2, 0) is 0 Å². The Morgan fingerprint density at radius 3 is 2.37 bits per heavy atom. The number of hydrogen-bond donors (Lipinski definition) is 3. The molecule has 0 saturated carbocycles. The zero-order chi connectivity index (χ0) is 20.4. The number of amides is 1. The Labute approximate surface area is 168 Å². The summed E-state index contributed by atoms with van der Waals surface area (Å²) in [6.07, 6.45) is 4.59. The summed E-state index contributed by atoms with van der Waals surface area (Å²) in [5, 5.41) is 0.459. The third-order valence-corrected chi connectivity index (χ3v) is 5.43. The Balaban J connectivity index is 2.58. The molecule has 1 aliphatic rings. The predicted molar refractivity (Wildman–Crippen MR) is 112 cm³/mol. The van der Waals surface area contributed by atoms with Crippen molar-refractivity contribution in [2.45, 2.75) is 32.2 Å². The molecular weight excluding hydrogens is 387 g/mol. The van der Waals surface area contributed by atoms with E-state index >= 15 is 0 Å². The number of nitrogens with zero attached hydrogens (tertiary/aromatic N) is 3. The van der Waals surface area contributed by atoms with Gasteiger partial charge in [-0.2, -0.15) is 4.98 Å². The molecule has 1 aromatic heterocycles. The average molecular weight is 411 g/mol. The number of halogens is 2. The van der Waals surface area contributed by atoms with Gasteiger partial charge in [0.1, 0.15) is 11.5 Å². The zero-order valence-corrected chi connectivity index (χ0v) is 16.9. The molecule has 0 bridgehead atoms. The minimum Gasteiger partial charge on any atom is -0.383 e. The second-order valence-corrected chi connectivity index (χ2v) is 7.49. The molecule has 9 heteroatoms. The molecule has 0 unspecified atom stereocenters. The highest BCUT2D eigenvalue weighted by Gasteiger charge is 2.29. The van der Waals surface area contributed by atoms with Gasteiger partial charge in [-0.25, -0.2) is 4.98 Å². The monoisotopic (exact) mass is 410 g/mol. The van der Waals surface area contributed by atoms with Crippen LogP contribution in [0.25, 0.3) is 5.57 Å². The van der Waals surface area contributed by atoms with E-state index in [1.54, 1.807) is 13.0 Å². The number of primary amides is 1. The number of nitrogen functional groups attached to an aromatic ring is 1. The van der Waals surface area contributed by atoms with E-state index < -0.39 is 5.91 Å². The van der Waals surface area contributed by atoms with Crippen molar-refractivity contribution in [3.8, 4) is 0 Å². The first kappa shape index (κ1) is 21.2. The molecule has 0 spiro atoms. The molecular formula is C18H24Cl2N6O. The molecule has 0 aromatic carbocycles. The maximum Gasteiger partial charge on any atom is 0.268 e. The van der Waals surface area contributed by atoms with E-state index in [0.29, 0.717) is 24.6 Å². The lowest BCUT2D eigenvalue weighted by Crippen LogP contribution is -2.48. The van der Waals surface area contributed by atoms with Crippen molar-refractivity contribution in [3.63, 3.8) is 0 Å². The Bertz CT molecular complexity index is 821. The zero-order valence-electron chi connectivity index (χ0n) is 15.4. The third-order valence-electron chi connectivity index (χ3n) is 4.52. The molecule has 1 fully saturated rings. The summed E-state index contributed by atoms with van der Waals surface area (Å²) in [7, 11) is 0. The summed E-state index contributed by atoms with van der Waals surface area (Å²) < 4.78 is 0. The molecule has 2 rings (SSSR count). The second-order valence-electron chi connectivity index (χ2n) is 6.71. The van der Waals surface area contributed by atoms with E-state index in [1.807, 2.05) is 11.8 Å². The fourth-order valence-corrected chi connectivity index (χ4v) is 3.21. The number of allylic oxidation sites excluding steroid dienone is 5. The first-order chi connectivity index (χ1) is 12.6. The van der Waals surface area contributed by atoms with Crippen molar-refractivity contribution < 1.29 is 4.79 Å². The summed E-state index contributed by atoms with van der Waals surface area (Å²) in [5.74, 6) is -0.345. The van der Waals surface area contributed by atoms with Crippen LogP contribution >= 0.6 is 23.2 Å². The van der Waals surface area contributed by atoms with Gasteiger partial charge in [0.25, 0.3) is 5.91 Å². The van der Waals surface area contributed by atoms with Gasteiger partial charge in [0, 0.05) is 24.2 Å². The van der Waals surface area contributed by atoms with Gasteiger partial charge in [-0.05, 0) is 26.7 Å². The molecule has 0 radical (unpaired) electrons. The van der Waals surface area contributed by atoms with Crippen LogP contribution in [0.3, 0.4) is 0 Å². The van der Waals surface area contributed by atoms with Crippen LogP contribution in [0.1, 0.15) is 42.7 Å². The van der Waals surface area contributed by atoms with Crippen LogP contribution in [0.4, 0.5) is 11.8 Å². The molecule has 0 aliphatic carbocycles. The molecule has 0 atom stereocenters. The normalized spacial score (nSPS) is 18.1. The van der Waals surface area contributed by atoms with E-state index in [0.717, 1.165) is 12.8 Å². The molecule has 6 N–H and O–H groups in total. The van der Waals surface area contributed by atoms with Crippen LogP contribution < -0.4 is 22.1 Å². The van der Waals surface area contributed by atoms with Crippen molar-refractivity contribution in [3.05, 3.63) is 40.1 Å². The second kappa shape index (κ2) is 8.29. The maximum atomic E-state index is 12.1. The van der Waals surface area contributed by atoms with Gasteiger partial charge in [0.05, 0.1) is 15.6 Å². The number of aromatic nitrogens is 2. The highest BCUT2D eigenvalue weighted by Crippen LogP contribution is 2.35. The van der Waals surface area contributed by atoms with E-state index in [4.69, 9.17) is 40.4 Å². The predicted octanol–water partition coefficient (Wildman–Crippen LogP) is 2.75. The van der Waals surface area contributed by atoms with Crippen LogP contribution in [-0.4, -0.2) is 34.5 Å². The third kappa shape index (κ3) is 4.61. The van der Waals surface area contributed by atoms with E-state index in [9.17, 15) is 4.79 Å². The Morgan fingerprint density at radius 2 is 1.89 bits per heavy atom. The van der Waals surface area contributed by atoms with Gasteiger partial charge in [-0.15, -0.1) is 0 Å². The molecule has 2 heterocycles. The van der Waals surface area contributed by atoms with Gasteiger partial charge in [0.2, 0.25) is 5.95 Å². The Morgan fingerprint density at radius 1 is 1.30 bits per heavy atom. The molecule has 1 amide bonds. The number of rotatable bonds is 5. The van der Waals surface area contributed by atoms with Crippen LogP contribution in [0.15, 0.2) is 28.8 Å². The van der Waals surface area contributed by atoms with Gasteiger partial charge in [0.15, 0.2) is 0 Å². The highest BCUT2D eigenvalue weighted by molar-refractivity contribution is 6.46. The minimum absolute atomic E-state index is 0.0350. The molecule has 7 nitrogen and oxygen atoms in total. The fraction of sp³-hybridized carbons (Fsp3) is 0.389. The summed E-state index contributed by atoms with van der Waals surface area (Å²) >= 11 is 12.4. The number of piperidine rings is 1. The Kier molecular flexibility index (Phi) is 6.51. The number of carbonyl (C=O) groups is 1. The smallest absolute Gasteiger partial charge is 0.268 e. The van der Waals surface area contributed by atoms with E-state index in [2.05, 4.69) is 16.5 Å². The molecule has 1 aliphatic heterocycles. The van der Waals surface area contributed by atoms with E-state index in [-0.39, 0.29) is 32.7 Å². The Hall–Kier alpha value is -2.09. The van der Waals surface area contributed by atoms with Crippen LogP contribution in [0.5, 0.6) is 0 Å². The average Bonchev–Trinajstić information content (AvgIpc) is 2.62. The molecule has 27 heavy (non-hydrogen) atoms. The summed E-state index contributed by atoms with van der Waals surface area (Å²) in [4.78, 5) is 22.7. The summed E-state index contributed by atoms with van der Waals surface area (Å²) in [6, 6.07) is 0. The van der Waals surface area contributed by atoms with Crippen LogP contribution in [0.2, 0.25) is 0 Å². The van der Waals surface area contributed by atoms with E-state index in [1.165, 1.54) is 6.08 Å². The van der Waals surface area contributed by atoms with Crippen molar-refractivity contribution in [2.75, 3.05) is 23.7 Å². The maximum absolute atomic E-state index is 12.1. The van der Waals surface area contributed by atoms with Gasteiger partial charge < -0.3 is 22.1 Å². The molecule has 146 valence electrons. The quantitative estimate of drug-likeness (QED) is 0.640. The van der Waals surface area contributed by atoms with Gasteiger partial charge in [-0.3, -0.25) is 4.79 Å². The number of anilines is 2. The summed E-state index contributed by atoms with van der Waals surface area (Å²) in [5.41, 5.74) is 18.2. The molecule has 1 aromatic rings. The van der Waals surface area contributed by atoms with Crippen LogP contribution in [0, 0.1) is 0 Å². The number of carbonyl (C=O) groups excluding carboxylic acids is 1. The molecule has 1 saturated heterocycles.